The number of carbonyl (C=O) groups excluding carboxylic acids is 1. The van der Waals surface area contributed by atoms with Crippen LogP contribution in [0.3, 0.4) is 0 Å². The van der Waals surface area contributed by atoms with Crippen LogP contribution in [0.2, 0.25) is 0 Å². The van der Waals surface area contributed by atoms with Gasteiger partial charge < -0.3 is 16.2 Å². The number of aliphatic hydroxyl groups excluding tert-OH is 1. The largest absolute Gasteiger partial charge is 0.416 e. The predicted octanol–water partition coefficient (Wildman–Crippen LogP) is 0.0997. The van der Waals surface area contributed by atoms with E-state index >= 15 is 0 Å². The normalized spacial score (nSPS) is 16.7. The molecule has 0 saturated heterocycles. The lowest BCUT2D eigenvalue weighted by Gasteiger charge is -2.17. The number of nitrogens with one attached hydrogen (secondary N) is 1. The van der Waals surface area contributed by atoms with Gasteiger partial charge in [-0.25, -0.2) is 13.4 Å². The minimum atomic E-state index is -4.88. The Hall–Kier alpha value is -1.92. The summed E-state index contributed by atoms with van der Waals surface area (Å²) in [4.78, 5) is 15.2. The van der Waals surface area contributed by atoms with Crippen LogP contribution in [0.4, 0.5) is 18.9 Å². The second kappa shape index (κ2) is 6.77. The van der Waals surface area contributed by atoms with Gasteiger partial charge in [0.25, 0.3) is 5.91 Å². The summed E-state index contributed by atoms with van der Waals surface area (Å²) in [5, 5.41) is 10.7. The van der Waals surface area contributed by atoms with Crippen molar-refractivity contribution in [2.24, 2.45) is 0 Å². The third kappa shape index (κ3) is 4.38. The molecule has 1 fully saturated rings. The molecule has 1 amide bonds. The summed E-state index contributed by atoms with van der Waals surface area (Å²) in [5.74, 6) is -1.06. The topological polar surface area (TPSA) is 126 Å². The van der Waals surface area contributed by atoms with Crippen LogP contribution in [-0.4, -0.2) is 60.6 Å². The average Bonchev–Trinajstić information content (AvgIpc) is 3.35. The monoisotopic (exact) mass is 382 g/mol. The lowest BCUT2D eigenvalue weighted by atomic mass is 10.2. The van der Waals surface area contributed by atoms with E-state index in [1.54, 1.807) is 0 Å². The molecule has 140 valence electrons. The van der Waals surface area contributed by atoms with Crippen molar-refractivity contribution in [2.45, 2.75) is 36.1 Å². The molecule has 0 bridgehead atoms. The molecule has 1 unspecified atom stereocenters. The zero-order valence-electron chi connectivity index (χ0n) is 13.1. The Morgan fingerprint density at radius 2 is 2.12 bits per heavy atom. The molecule has 1 heterocycles. The average molecular weight is 382 g/mol. The van der Waals surface area contributed by atoms with Gasteiger partial charge in [0.05, 0.1) is 12.2 Å². The summed E-state index contributed by atoms with van der Waals surface area (Å²) in [5.41, 5.74) is 4.88. The van der Waals surface area contributed by atoms with Crippen LogP contribution in [0.25, 0.3) is 0 Å². The van der Waals surface area contributed by atoms with Crippen LogP contribution >= 0.6 is 0 Å². The van der Waals surface area contributed by atoms with Gasteiger partial charge in [0.2, 0.25) is 10.0 Å². The van der Waals surface area contributed by atoms with Crippen molar-refractivity contribution >= 4 is 21.6 Å². The highest BCUT2D eigenvalue weighted by Crippen LogP contribution is 2.30. The predicted molar refractivity (Wildman–Crippen MR) is 81.0 cm³/mol. The van der Waals surface area contributed by atoms with Crippen molar-refractivity contribution in [3.05, 3.63) is 18.0 Å². The molecule has 0 radical (unpaired) electrons. The maximum Gasteiger partial charge on any atom is 0.416 e. The van der Waals surface area contributed by atoms with E-state index in [9.17, 15) is 26.4 Å². The Bertz CT molecular complexity index is 765. The number of carbonyl (C=O) groups is 1. The van der Waals surface area contributed by atoms with Crippen molar-refractivity contribution in [1.29, 1.82) is 0 Å². The molecule has 25 heavy (non-hydrogen) atoms. The highest BCUT2D eigenvalue weighted by molar-refractivity contribution is 7.89. The number of anilines is 1. The summed E-state index contributed by atoms with van der Waals surface area (Å²) in [6, 6.07) is 0.939. The minimum Gasteiger partial charge on any atom is -0.397 e. The first kappa shape index (κ1) is 19.4. The fourth-order valence-electron chi connectivity index (χ4n) is 1.98. The standard InChI is InChI=1S/C13H17F3N4O4S/c1-20(7-2-3-7)25(23,24)8-4-9(17)11(18-5-8)12(22)19-6-10(21)13(14,15)16/h4-5,7,10,21H,2-3,6,17H2,1H3,(H,19,22). The highest BCUT2D eigenvalue weighted by Gasteiger charge is 2.38. The van der Waals surface area contributed by atoms with Gasteiger partial charge >= 0.3 is 6.18 Å². The van der Waals surface area contributed by atoms with Crippen molar-refractivity contribution in [2.75, 3.05) is 19.3 Å². The molecule has 0 aliphatic heterocycles. The minimum absolute atomic E-state index is 0.0851. The number of pyridine rings is 1. The van der Waals surface area contributed by atoms with E-state index in [2.05, 4.69) is 4.98 Å². The molecular weight excluding hydrogens is 365 g/mol. The summed E-state index contributed by atoms with van der Waals surface area (Å²) in [7, 11) is -2.40. The number of nitrogens with zero attached hydrogens (tertiary/aromatic N) is 2. The first-order valence-corrected chi connectivity index (χ1v) is 8.65. The number of aliphatic hydroxyl groups is 1. The molecule has 0 aromatic carbocycles. The smallest absolute Gasteiger partial charge is 0.397 e. The third-order valence-corrected chi connectivity index (χ3v) is 5.55. The Morgan fingerprint density at radius 1 is 1.52 bits per heavy atom. The van der Waals surface area contributed by atoms with Crippen LogP contribution in [-0.2, 0) is 10.0 Å². The number of nitrogen functional groups attached to an aromatic ring is 1. The Morgan fingerprint density at radius 3 is 2.60 bits per heavy atom. The molecule has 1 aromatic heterocycles. The van der Waals surface area contributed by atoms with Crippen molar-refractivity contribution in [3.63, 3.8) is 0 Å². The molecule has 1 aliphatic carbocycles. The zero-order valence-corrected chi connectivity index (χ0v) is 13.9. The fraction of sp³-hybridized carbons (Fsp3) is 0.538. The highest BCUT2D eigenvalue weighted by atomic mass is 32.2. The Balaban J connectivity index is 2.12. The van der Waals surface area contributed by atoms with Gasteiger partial charge in [-0.2, -0.15) is 17.5 Å². The zero-order chi connectivity index (χ0) is 19.0. The first-order chi connectivity index (χ1) is 11.4. The first-order valence-electron chi connectivity index (χ1n) is 7.21. The molecule has 1 aromatic rings. The molecule has 12 heteroatoms. The van der Waals surface area contributed by atoms with Crippen LogP contribution in [0, 0.1) is 0 Å². The summed E-state index contributed by atoms with van der Waals surface area (Å²) >= 11 is 0. The maximum absolute atomic E-state index is 12.3. The summed E-state index contributed by atoms with van der Waals surface area (Å²) < 4.78 is 62.5. The van der Waals surface area contributed by atoms with Gasteiger partial charge in [-0.15, -0.1) is 0 Å². The lowest BCUT2D eigenvalue weighted by molar-refractivity contribution is -0.201. The van der Waals surface area contributed by atoms with E-state index in [0.717, 1.165) is 25.1 Å². The molecule has 4 N–H and O–H groups in total. The van der Waals surface area contributed by atoms with E-state index in [1.165, 1.54) is 11.4 Å². The number of hydrogen-bond donors (Lipinski definition) is 3. The number of rotatable bonds is 6. The number of aromatic nitrogens is 1. The van der Waals surface area contributed by atoms with E-state index in [1.807, 2.05) is 5.32 Å². The molecule has 0 spiro atoms. The number of amides is 1. The van der Waals surface area contributed by atoms with Gasteiger partial charge in [-0.1, -0.05) is 0 Å². The molecule has 1 saturated carbocycles. The van der Waals surface area contributed by atoms with Crippen LogP contribution in [0.15, 0.2) is 17.2 Å². The fourth-order valence-corrected chi connectivity index (χ4v) is 3.38. The van der Waals surface area contributed by atoms with Crippen molar-refractivity contribution in [3.8, 4) is 0 Å². The number of sulfonamides is 1. The number of halogens is 3. The second-order valence-electron chi connectivity index (χ2n) is 5.63. The number of nitrogens with two attached hydrogens (primary N) is 1. The third-order valence-electron chi connectivity index (χ3n) is 3.68. The number of hydrogen-bond acceptors (Lipinski definition) is 6. The maximum atomic E-state index is 12.3. The van der Waals surface area contributed by atoms with Crippen LogP contribution in [0.1, 0.15) is 23.3 Å². The van der Waals surface area contributed by atoms with Crippen LogP contribution < -0.4 is 11.1 Å². The van der Waals surface area contributed by atoms with Crippen LogP contribution in [0.5, 0.6) is 0 Å². The molecule has 1 atom stereocenters. The summed E-state index contributed by atoms with van der Waals surface area (Å²) in [6.45, 7) is -1.08. The van der Waals surface area contributed by atoms with Gasteiger partial charge in [0.15, 0.2) is 11.8 Å². The lowest BCUT2D eigenvalue weighted by Crippen LogP contribution is -2.41. The number of alkyl halides is 3. The molecule has 2 rings (SSSR count). The molecule has 8 nitrogen and oxygen atoms in total. The van der Waals surface area contributed by atoms with E-state index in [-0.39, 0.29) is 16.6 Å². The van der Waals surface area contributed by atoms with Crippen molar-refractivity contribution in [1.82, 2.24) is 14.6 Å². The van der Waals surface area contributed by atoms with E-state index < -0.39 is 40.4 Å². The van der Waals surface area contributed by atoms with Gasteiger partial charge in [0.1, 0.15) is 4.90 Å². The SMILES string of the molecule is CN(C1CC1)S(=O)(=O)c1cnc(C(=O)NCC(O)C(F)(F)F)c(N)c1. The van der Waals surface area contributed by atoms with Gasteiger partial charge in [-0.05, 0) is 18.9 Å². The molecular formula is C13H17F3N4O4S. The Kier molecular flexibility index (Phi) is 5.25. The molecule has 1 aliphatic rings. The van der Waals surface area contributed by atoms with E-state index in [0.29, 0.717) is 0 Å². The van der Waals surface area contributed by atoms with E-state index in [4.69, 9.17) is 10.8 Å². The van der Waals surface area contributed by atoms with Gasteiger partial charge in [0, 0.05) is 19.3 Å². The summed E-state index contributed by atoms with van der Waals surface area (Å²) in [6.07, 6.45) is -5.19. The van der Waals surface area contributed by atoms with Crippen molar-refractivity contribution < 1.29 is 31.5 Å². The Labute approximate surface area is 141 Å². The van der Waals surface area contributed by atoms with Gasteiger partial charge in [-0.3, -0.25) is 4.79 Å². The second-order valence-corrected chi connectivity index (χ2v) is 7.63. The quantitative estimate of drug-likeness (QED) is 0.641.